The second-order valence-electron chi connectivity index (χ2n) is 3.50. The summed E-state index contributed by atoms with van der Waals surface area (Å²) < 4.78 is 4.71. The zero-order chi connectivity index (χ0) is 11.5. The number of aromatic nitrogens is 1. The summed E-state index contributed by atoms with van der Waals surface area (Å²) >= 11 is 0. The molecule has 5 nitrogen and oxygen atoms in total. The van der Waals surface area contributed by atoms with E-state index in [0.29, 0.717) is 18.5 Å². The van der Waals surface area contributed by atoms with E-state index >= 15 is 0 Å². The molecule has 82 valence electrons. The lowest BCUT2D eigenvalue weighted by molar-refractivity contribution is 0.0598. The quantitative estimate of drug-likeness (QED) is 0.688. The van der Waals surface area contributed by atoms with Gasteiger partial charge in [-0.25, -0.2) is 4.79 Å². The van der Waals surface area contributed by atoms with Crippen LogP contribution in [0.5, 0.6) is 0 Å². The smallest absolute Gasteiger partial charge is 0.339 e. The number of rotatable bonds is 1. The van der Waals surface area contributed by atoms with Crippen LogP contribution in [0.25, 0.3) is 0 Å². The van der Waals surface area contributed by atoms with E-state index in [4.69, 9.17) is 10.00 Å². The van der Waals surface area contributed by atoms with Gasteiger partial charge in [0.25, 0.3) is 0 Å². The molecule has 0 bridgehead atoms. The van der Waals surface area contributed by atoms with Gasteiger partial charge in [0.1, 0.15) is 6.07 Å². The molecule has 0 aliphatic carbocycles. The zero-order valence-electron chi connectivity index (χ0n) is 8.91. The third-order valence-corrected chi connectivity index (χ3v) is 2.62. The van der Waals surface area contributed by atoms with Gasteiger partial charge in [0.2, 0.25) is 0 Å². The Labute approximate surface area is 93.1 Å². The van der Waals surface area contributed by atoms with Crippen LogP contribution in [-0.2, 0) is 17.7 Å². The lowest BCUT2D eigenvalue weighted by atomic mass is 9.97. The van der Waals surface area contributed by atoms with Gasteiger partial charge >= 0.3 is 5.97 Å². The largest absolute Gasteiger partial charge is 0.465 e. The first kappa shape index (κ1) is 10.6. The van der Waals surface area contributed by atoms with Crippen molar-refractivity contribution < 1.29 is 9.53 Å². The molecule has 2 heterocycles. The Balaban J connectivity index is 2.61. The minimum absolute atomic E-state index is 0.285. The molecule has 1 aliphatic heterocycles. The summed E-state index contributed by atoms with van der Waals surface area (Å²) in [4.78, 5) is 15.8. The molecular formula is C11H11N3O2. The highest BCUT2D eigenvalue weighted by Gasteiger charge is 2.22. The Morgan fingerprint density at radius 2 is 2.50 bits per heavy atom. The van der Waals surface area contributed by atoms with Crippen molar-refractivity contribution in [3.8, 4) is 6.07 Å². The van der Waals surface area contributed by atoms with Crippen molar-refractivity contribution in [1.82, 2.24) is 10.3 Å². The molecule has 0 radical (unpaired) electrons. The number of ether oxygens (including phenoxy) is 1. The monoisotopic (exact) mass is 217 g/mol. The molecule has 1 aliphatic rings. The van der Waals surface area contributed by atoms with Crippen molar-refractivity contribution in [3.63, 3.8) is 0 Å². The van der Waals surface area contributed by atoms with E-state index in [0.717, 1.165) is 17.8 Å². The third kappa shape index (κ3) is 1.64. The average Bonchev–Trinajstić information content (AvgIpc) is 2.36. The van der Waals surface area contributed by atoms with E-state index in [9.17, 15) is 4.79 Å². The molecule has 1 aromatic rings. The van der Waals surface area contributed by atoms with Crippen LogP contribution in [0.4, 0.5) is 0 Å². The van der Waals surface area contributed by atoms with Crippen molar-refractivity contribution >= 4 is 5.97 Å². The highest BCUT2D eigenvalue weighted by molar-refractivity contribution is 5.94. The van der Waals surface area contributed by atoms with Crippen LogP contribution < -0.4 is 5.32 Å². The molecule has 5 heteroatoms. The molecular weight excluding hydrogens is 206 g/mol. The van der Waals surface area contributed by atoms with E-state index in [2.05, 4.69) is 10.3 Å². The van der Waals surface area contributed by atoms with Gasteiger partial charge in [0.15, 0.2) is 0 Å². The van der Waals surface area contributed by atoms with Gasteiger partial charge in [0, 0.05) is 12.7 Å². The number of nitrogens with one attached hydrogen (secondary N) is 1. The standard InChI is InChI=1S/C11H11N3O2/c1-16-11(15)10-7(4-12)5-14-9-6-13-3-2-8(9)10/h5,13H,2-3,6H2,1H3. The van der Waals surface area contributed by atoms with Gasteiger partial charge in [-0.3, -0.25) is 4.98 Å². The fraction of sp³-hybridized carbons (Fsp3) is 0.364. The molecule has 0 fully saturated rings. The van der Waals surface area contributed by atoms with Gasteiger partial charge in [-0.2, -0.15) is 5.26 Å². The summed E-state index contributed by atoms with van der Waals surface area (Å²) in [5.74, 6) is -0.461. The first-order valence-electron chi connectivity index (χ1n) is 4.97. The van der Waals surface area contributed by atoms with Gasteiger partial charge < -0.3 is 10.1 Å². The molecule has 0 saturated carbocycles. The summed E-state index contributed by atoms with van der Waals surface area (Å²) in [7, 11) is 1.32. The van der Waals surface area contributed by atoms with E-state index in [1.165, 1.54) is 13.3 Å². The van der Waals surface area contributed by atoms with E-state index in [-0.39, 0.29) is 5.56 Å². The van der Waals surface area contributed by atoms with Gasteiger partial charge in [0.05, 0.1) is 23.9 Å². The Morgan fingerprint density at radius 1 is 1.69 bits per heavy atom. The number of carbonyl (C=O) groups excluding carboxylic acids is 1. The van der Waals surface area contributed by atoms with Crippen molar-refractivity contribution in [3.05, 3.63) is 28.6 Å². The maximum absolute atomic E-state index is 11.6. The predicted octanol–water partition coefficient (Wildman–Crippen LogP) is 0.386. The molecule has 0 atom stereocenters. The topological polar surface area (TPSA) is 75.0 Å². The fourth-order valence-corrected chi connectivity index (χ4v) is 1.85. The first-order chi connectivity index (χ1) is 7.77. The maximum atomic E-state index is 11.6. The number of carbonyl (C=O) groups is 1. The second-order valence-corrected chi connectivity index (χ2v) is 3.50. The molecule has 16 heavy (non-hydrogen) atoms. The number of nitriles is 1. The fourth-order valence-electron chi connectivity index (χ4n) is 1.85. The number of pyridine rings is 1. The van der Waals surface area contributed by atoms with E-state index in [1.807, 2.05) is 6.07 Å². The number of esters is 1. The van der Waals surface area contributed by atoms with Crippen molar-refractivity contribution in [2.75, 3.05) is 13.7 Å². The SMILES string of the molecule is COC(=O)c1c(C#N)cnc2c1CCNC2. The van der Waals surface area contributed by atoms with Crippen molar-refractivity contribution in [2.45, 2.75) is 13.0 Å². The minimum atomic E-state index is -0.461. The molecule has 2 rings (SSSR count). The van der Waals surface area contributed by atoms with Crippen LogP contribution in [0.2, 0.25) is 0 Å². The van der Waals surface area contributed by atoms with Crippen LogP contribution in [0.3, 0.4) is 0 Å². The minimum Gasteiger partial charge on any atom is -0.465 e. The van der Waals surface area contributed by atoms with Crippen LogP contribution in [0.15, 0.2) is 6.20 Å². The predicted molar refractivity (Wildman–Crippen MR) is 55.7 cm³/mol. The van der Waals surface area contributed by atoms with Crippen LogP contribution in [0, 0.1) is 11.3 Å². The molecule has 0 unspecified atom stereocenters. The zero-order valence-corrected chi connectivity index (χ0v) is 8.91. The number of fused-ring (bicyclic) bond motifs is 1. The number of hydrogen-bond donors (Lipinski definition) is 1. The van der Waals surface area contributed by atoms with Gasteiger partial charge in [-0.1, -0.05) is 0 Å². The second kappa shape index (κ2) is 4.29. The Hall–Kier alpha value is -1.93. The lowest BCUT2D eigenvalue weighted by Gasteiger charge is -2.18. The average molecular weight is 217 g/mol. The summed E-state index contributed by atoms with van der Waals surface area (Å²) in [6.45, 7) is 1.42. The number of nitrogens with zero attached hydrogens (tertiary/aromatic N) is 2. The van der Waals surface area contributed by atoms with Crippen molar-refractivity contribution in [1.29, 1.82) is 5.26 Å². The van der Waals surface area contributed by atoms with E-state index in [1.54, 1.807) is 0 Å². The molecule has 0 aromatic carbocycles. The summed E-state index contributed by atoms with van der Waals surface area (Å²) in [6.07, 6.45) is 2.13. The maximum Gasteiger partial charge on any atom is 0.339 e. The molecule has 0 spiro atoms. The first-order valence-corrected chi connectivity index (χ1v) is 4.97. The molecule has 0 amide bonds. The highest BCUT2D eigenvalue weighted by atomic mass is 16.5. The van der Waals surface area contributed by atoms with Gasteiger partial charge in [-0.05, 0) is 18.5 Å². The lowest BCUT2D eigenvalue weighted by Crippen LogP contribution is -2.27. The normalized spacial score (nSPS) is 13.8. The third-order valence-electron chi connectivity index (χ3n) is 2.62. The molecule has 0 saturated heterocycles. The molecule has 1 N–H and O–H groups in total. The summed E-state index contributed by atoms with van der Waals surface area (Å²) in [5, 5.41) is 12.1. The van der Waals surface area contributed by atoms with Crippen LogP contribution in [0.1, 0.15) is 27.2 Å². The number of hydrogen-bond acceptors (Lipinski definition) is 5. The highest BCUT2D eigenvalue weighted by Crippen LogP contribution is 2.20. The summed E-state index contributed by atoms with van der Waals surface area (Å²) in [5.41, 5.74) is 2.32. The Morgan fingerprint density at radius 3 is 3.19 bits per heavy atom. The van der Waals surface area contributed by atoms with Crippen LogP contribution >= 0.6 is 0 Å². The summed E-state index contributed by atoms with van der Waals surface area (Å²) in [6, 6.07) is 1.98. The van der Waals surface area contributed by atoms with Crippen LogP contribution in [-0.4, -0.2) is 24.6 Å². The van der Waals surface area contributed by atoms with Crippen molar-refractivity contribution in [2.24, 2.45) is 0 Å². The van der Waals surface area contributed by atoms with E-state index < -0.39 is 5.97 Å². The Bertz CT molecular complexity index is 477. The molecule has 1 aromatic heterocycles. The number of methoxy groups -OCH3 is 1. The Kier molecular flexibility index (Phi) is 2.84. The van der Waals surface area contributed by atoms with Gasteiger partial charge in [-0.15, -0.1) is 0 Å².